The molecule has 1 unspecified atom stereocenters. The van der Waals surface area contributed by atoms with E-state index in [0.29, 0.717) is 6.42 Å². The Morgan fingerprint density at radius 3 is 2.39 bits per heavy atom. The summed E-state index contributed by atoms with van der Waals surface area (Å²) in [5, 5.41) is 0. The molecule has 0 saturated heterocycles. The molecule has 0 amide bonds. The number of rotatable bonds is 4. The fraction of sp³-hybridized carbons (Fsp3) is 0.250. The van der Waals surface area contributed by atoms with Crippen LogP contribution < -0.4 is 9.47 Å². The van der Waals surface area contributed by atoms with Crippen molar-refractivity contribution >= 4 is 11.9 Å². The van der Waals surface area contributed by atoms with E-state index in [9.17, 15) is 4.79 Å². The average molecular weight is 308 g/mol. The van der Waals surface area contributed by atoms with Gasteiger partial charge in [-0.15, -0.1) is 0 Å². The Morgan fingerprint density at radius 1 is 1.00 bits per heavy atom. The molecule has 0 heterocycles. The van der Waals surface area contributed by atoms with Gasteiger partial charge in [-0.2, -0.15) is 0 Å². The minimum absolute atomic E-state index is 0.0297. The Hall–Kier alpha value is -2.55. The lowest BCUT2D eigenvalue weighted by Crippen LogP contribution is -2.26. The van der Waals surface area contributed by atoms with Crippen LogP contribution in [0.15, 0.2) is 60.2 Å². The first-order chi connectivity index (χ1) is 11.2. The molecular formula is C20H20O3. The van der Waals surface area contributed by atoms with Crippen LogP contribution in [0.2, 0.25) is 0 Å². The lowest BCUT2D eigenvalue weighted by Gasteiger charge is -2.24. The van der Waals surface area contributed by atoms with Gasteiger partial charge in [0.2, 0.25) is 0 Å². The molecule has 23 heavy (non-hydrogen) atoms. The fourth-order valence-corrected chi connectivity index (χ4v) is 2.74. The molecule has 2 aromatic carbocycles. The van der Waals surface area contributed by atoms with E-state index in [2.05, 4.69) is 0 Å². The molecule has 1 saturated carbocycles. The molecule has 1 aliphatic rings. The topological polar surface area (TPSA) is 35.5 Å². The van der Waals surface area contributed by atoms with E-state index in [1.54, 1.807) is 7.11 Å². The second-order valence-corrected chi connectivity index (χ2v) is 5.66. The summed E-state index contributed by atoms with van der Waals surface area (Å²) in [5.74, 6) is 1.82. The Balaban J connectivity index is 1.64. The average Bonchev–Trinajstić information content (AvgIpc) is 2.59. The highest BCUT2D eigenvalue weighted by atomic mass is 16.5. The molecule has 0 N–H and O–H groups in total. The van der Waals surface area contributed by atoms with E-state index >= 15 is 0 Å². The Kier molecular flexibility index (Phi) is 4.77. The number of ketones is 1. The smallest absolute Gasteiger partial charge is 0.162 e. The summed E-state index contributed by atoms with van der Waals surface area (Å²) in [6.07, 6.45) is 4.00. The third-order valence-corrected chi connectivity index (χ3v) is 4.01. The van der Waals surface area contributed by atoms with Gasteiger partial charge in [0.05, 0.1) is 7.11 Å². The second kappa shape index (κ2) is 7.14. The standard InChI is InChI=1S/C20H20O3/c1-22-17-10-7-15(8-11-17)13-16-9-12-19(14-20(16)21)23-18-5-3-2-4-6-18/h2-8,10-11,13,19H,9,12,14H2,1H3. The predicted molar refractivity (Wildman–Crippen MR) is 90.7 cm³/mol. The number of allylic oxidation sites excluding steroid dienone is 1. The van der Waals surface area contributed by atoms with Crippen molar-refractivity contribution in [1.29, 1.82) is 0 Å². The monoisotopic (exact) mass is 308 g/mol. The number of carbonyl (C=O) groups is 1. The Labute approximate surface area is 136 Å². The first kappa shape index (κ1) is 15.3. The maximum atomic E-state index is 12.3. The third kappa shape index (κ3) is 4.01. The molecule has 0 bridgehead atoms. The van der Waals surface area contributed by atoms with Crippen molar-refractivity contribution in [2.75, 3.05) is 7.11 Å². The van der Waals surface area contributed by atoms with Crippen LogP contribution >= 0.6 is 0 Å². The van der Waals surface area contributed by atoms with Gasteiger partial charge in [0.1, 0.15) is 17.6 Å². The van der Waals surface area contributed by atoms with Crippen molar-refractivity contribution < 1.29 is 14.3 Å². The van der Waals surface area contributed by atoms with Gasteiger partial charge in [0.15, 0.2) is 5.78 Å². The van der Waals surface area contributed by atoms with E-state index in [-0.39, 0.29) is 11.9 Å². The first-order valence-electron chi connectivity index (χ1n) is 7.84. The van der Waals surface area contributed by atoms with Gasteiger partial charge in [-0.1, -0.05) is 30.3 Å². The number of hydrogen-bond donors (Lipinski definition) is 0. The number of benzene rings is 2. The van der Waals surface area contributed by atoms with E-state index in [4.69, 9.17) is 9.47 Å². The van der Waals surface area contributed by atoms with Gasteiger partial charge in [-0.05, 0) is 54.3 Å². The van der Waals surface area contributed by atoms with Crippen LogP contribution in [0.25, 0.3) is 6.08 Å². The largest absolute Gasteiger partial charge is 0.497 e. The van der Waals surface area contributed by atoms with Crippen molar-refractivity contribution in [3.63, 3.8) is 0 Å². The molecule has 3 heteroatoms. The zero-order valence-corrected chi connectivity index (χ0v) is 13.2. The Morgan fingerprint density at radius 2 is 1.74 bits per heavy atom. The minimum Gasteiger partial charge on any atom is -0.497 e. The van der Waals surface area contributed by atoms with Crippen molar-refractivity contribution in [2.45, 2.75) is 25.4 Å². The predicted octanol–water partition coefficient (Wildman–Crippen LogP) is 4.28. The summed E-state index contributed by atoms with van der Waals surface area (Å²) in [6.45, 7) is 0. The molecule has 3 nitrogen and oxygen atoms in total. The molecule has 1 atom stereocenters. The van der Waals surface area contributed by atoms with Gasteiger partial charge in [-0.3, -0.25) is 4.79 Å². The van der Waals surface area contributed by atoms with E-state index in [1.165, 1.54) is 0 Å². The summed E-state index contributed by atoms with van der Waals surface area (Å²) in [7, 11) is 1.64. The van der Waals surface area contributed by atoms with E-state index < -0.39 is 0 Å². The first-order valence-corrected chi connectivity index (χ1v) is 7.84. The summed E-state index contributed by atoms with van der Waals surface area (Å²) < 4.78 is 11.0. The van der Waals surface area contributed by atoms with Crippen LogP contribution in [-0.2, 0) is 4.79 Å². The maximum absolute atomic E-state index is 12.3. The summed E-state index contributed by atoms with van der Waals surface area (Å²) >= 11 is 0. The van der Waals surface area contributed by atoms with Crippen molar-refractivity contribution in [2.24, 2.45) is 0 Å². The molecule has 0 spiro atoms. The highest BCUT2D eigenvalue weighted by Gasteiger charge is 2.24. The molecule has 1 aliphatic carbocycles. The molecule has 3 rings (SSSR count). The van der Waals surface area contributed by atoms with Crippen molar-refractivity contribution in [3.05, 3.63) is 65.7 Å². The van der Waals surface area contributed by atoms with Crippen molar-refractivity contribution in [3.8, 4) is 11.5 Å². The third-order valence-electron chi connectivity index (χ3n) is 4.01. The Bertz CT molecular complexity index is 687. The van der Waals surface area contributed by atoms with Crippen LogP contribution in [-0.4, -0.2) is 19.0 Å². The number of Topliss-reactive ketones (excluding diaryl/α,β-unsaturated/α-hetero) is 1. The summed E-state index contributed by atoms with van der Waals surface area (Å²) in [6, 6.07) is 17.4. The van der Waals surface area contributed by atoms with Crippen molar-refractivity contribution in [1.82, 2.24) is 0 Å². The quantitative estimate of drug-likeness (QED) is 0.791. The van der Waals surface area contributed by atoms with Crippen LogP contribution in [0.5, 0.6) is 11.5 Å². The fourth-order valence-electron chi connectivity index (χ4n) is 2.74. The SMILES string of the molecule is COc1ccc(C=C2CCC(Oc3ccccc3)CC2=O)cc1. The number of para-hydroxylation sites is 1. The second-order valence-electron chi connectivity index (χ2n) is 5.66. The summed E-state index contributed by atoms with van der Waals surface area (Å²) in [5.41, 5.74) is 1.90. The van der Waals surface area contributed by atoms with Gasteiger partial charge in [-0.25, -0.2) is 0 Å². The molecule has 0 aliphatic heterocycles. The lowest BCUT2D eigenvalue weighted by atomic mass is 9.90. The highest BCUT2D eigenvalue weighted by molar-refractivity contribution is 6.00. The van der Waals surface area contributed by atoms with Gasteiger partial charge in [0, 0.05) is 6.42 Å². The van der Waals surface area contributed by atoms with Gasteiger partial charge in [0.25, 0.3) is 0 Å². The van der Waals surface area contributed by atoms with Crippen LogP contribution in [0.4, 0.5) is 0 Å². The molecular weight excluding hydrogens is 288 g/mol. The zero-order chi connectivity index (χ0) is 16.1. The number of carbonyl (C=O) groups excluding carboxylic acids is 1. The minimum atomic E-state index is -0.0297. The van der Waals surface area contributed by atoms with Crippen LogP contribution in [0, 0.1) is 0 Å². The van der Waals surface area contributed by atoms with Crippen LogP contribution in [0.1, 0.15) is 24.8 Å². The normalized spacial score (nSPS) is 19.6. The van der Waals surface area contributed by atoms with Gasteiger partial charge >= 0.3 is 0 Å². The highest BCUT2D eigenvalue weighted by Crippen LogP contribution is 2.26. The van der Waals surface area contributed by atoms with Crippen LogP contribution in [0.3, 0.4) is 0 Å². The number of methoxy groups -OCH3 is 1. The summed E-state index contributed by atoms with van der Waals surface area (Å²) in [4.78, 5) is 12.3. The molecule has 0 radical (unpaired) electrons. The zero-order valence-electron chi connectivity index (χ0n) is 13.2. The van der Waals surface area contributed by atoms with E-state index in [0.717, 1.165) is 35.5 Å². The number of hydrogen-bond acceptors (Lipinski definition) is 3. The maximum Gasteiger partial charge on any atom is 0.162 e. The number of ether oxygens (including phenoxy) is 2. The molecule has 118 valence electrons. The van der Waals surface area contributed by atoms with E-state index in [1.807, 2.05) is 60.7 Å². The molecule has 2 aromatic rings. The molecule has 0 aromatic heterocycles. The molecule has 1 fully saturated rings. The lowest BCUT2D eigenvalue weighted by molar-refractivity contribution is -0.118. The van der Waals surface area contributed by atoms with Gasteiger partial charge < -0.3 is 9.47 Å².